The van der Waals surface area contributed by atoms with E-state index in [0.29, 0.717) is 6.42 Å². The molecule has 1 aromatic carbocycles. The molecule has 140 valence electrons. The first kappa shape index (κ1) is 17.6. The fourth-order valence-electron chi connectivity index (χ4n) is 6.15. The van der Waals surface area contributed by atoms with Gasteiger partial charge in [-0.3, -0.25) is 9.59 Å². The molecule has 0 aromatic heterocycles. The van der Waals surface area contributed by atoms with Gasteiger partial charge in [0.1, 0.15) is 0 Å². The smallest absolute Gasteiger partial charge is 0.307 e. The van der Waals surface area contributed by atoms with E-state index in [-0.39, 0.29) is 17.3 Å². The van der Waals surface area contributed by atoms with E-state index in [4.69, 9.17) is 4.74 Å². The molecule has 4 heteroatoms. The molecule has 0 saturated heterocycles. The third-order valence-electron chi connectivity index (χ3n) is 6.81. The van der Waals surface area contributed by atoms with Gasteiger partial charge < -0.3 is 9.64 Å². The van der Waals surface area contributed by atoms with Gasteiger partial charge in [-0.15, -0.1) is 0 Å². The van der Waals surface area contributed by atoms with Crippen molar-refractivity contribution < 1.29 is 14.3 Å². The number of rotatable bonds is 5. The van der Waals surface area contributed by atoms with Crippen molar-refractivity contribution >= 4 is 17.6 Å². The van der Waals surface area contributed by atoms with E-state index in [2.05, 4.69) is 0 Å². The van der Waals surface area contributed by atoms with Crippen molar-refractivity contribution in [3.05, 3.63) is 30.3 Å². The Morgan fingerprint density at radius 1 is 1.08 bits per heavy atom. The van der Waals surface area contributed by atoms with Crippen LogP contribution in [0.4, 0.5) is 5.69 Å². The molecule has 26 heavy (non-hydrogen) atoms. The second kappa shape index (κ2) is 6.71. The molecule has 1 unspecified atom stereocenters. The third kappa shape index (κ3) is 3.38. The van der Waals surface area contributed by atoms with Crippen LogP contribution in [-0.2, 0) is 14.3 Å². The fourth-order valence-corrected chi connectivity index (χ4v) is 6.15. The largest absolute Gasteiger partial charge is 0.453 e. The zero-order valence-electron chi connectivity index (χ0n) is 15.8. The van der Waals surface area contributed by atoms with Crippen LogP contribution in [-0.4, -0.2) is 25.0 Å². The number of hydrogen-bond donors (Lipinski definition) is 0. The highest BCUT2D eigenvalue weighted by Gasteiger charge is 2.51. The lowest BCUT2D eigenvalue weighted by Crippen LogP contribution is -2.47. The zero-order chi connectivity index (χ0) is 18.3. The standard InChI is InChI=1S/C22H29NO3/c1-15(21(25)23(2)19-6-4-3-5-7-19)26-20(24)14-22-11-16-8-17(12-22)10-18(9-16)13-22/h3-7,15-18H,8-14H2,1-2H3. The first-order valence-electron chi connectivity index (χ1n) is 9.96. The van der Waals surface area contributed by atoms with Crippen molar-refractivity contribution in [1.29, 1.82) is 0 Å². The summed E-state index contributed by atoms with van der Waals surface area (Å²) in [6.45, 7) is 1.68. The number of ether oxygens (including phenoxy) is 1. The fraction of sp³-hybridized carbons (Fsp3) is 0.636. The zero-order valence-corrected chi connectivity index (χ0v) is 15.8. The normalized spacial score (nSPS) is 32.9. The molecule has 0 N–H and O–H groups in total. The first-order valence-corrected chi connectivity index (χ1v) is 9.96. The quantitative estimate of drug-likeness (QED) is 0.744. The lowest BCUT2D eigenvalue weighted by atomic mass is 9.49. The van der Waals surface area contributed by atoms with Crippen molar-refractivity contribution in [2.75, 3.05) is 11.9 Å². The molecule has 4 aliphatic carbocycles. The van der Waals surface area contributed by atoms with Crippen molar-refractivity contribution in [1.82, 2.24) is 0 Å². The number of nitrogens with zero attached hydrogens (tertiary/aromatic N) is 1. The van der Waals surface area contributed by atoms with E-state index in [1.807, 2.05) is 30.3 Å². The average Bonchev–Trinajstić information content (AvgIpc) is 2.59. The van der Waals surface area contributed by atoms with Gasteiger partial charge in [0.25, 0.3) is 5.91 Å². The number of carbonyl (C=O) groups excluding carboxylic acids is 2. The Balaban J connectivity index is 1.35. The van der Waals surface area contributed by atoms with Crippen LogP contribution in [0, 0.1) is 23.2 Å². The molecule has 5 rings (SSSR count). The lowest BCUT2D eigenvalue weighted by molar-refractivity contribution is -0.160. The molecule has 4 fully saturated rings. The number of carbonyl (C=O) groups is 2. The summed E-state index contributed by atoms with van der Waals surface area (Å²) in [4.78, 5) is 26.8. The van der Waals surface area contributed by atoms with E-state index in [1.54, 1.807) is 18.9 Å². The maximum atomic E-state index is 12.6. The molecule has 0 spiro atoms. The molecule has 0 aliphatic heterocycles. The molecule has 1 aromatic rings. The monoisotopic (exact) mass is 355 g/mol. The Labute approximate surface area is 155 Å². The summed E-state index contributed by atoms with van der Waals surface area (Å²) in [6.07, 6.45) is 7.38. The van der Waals surface area contributed by atoms with Gasteiger partial charge in [-0.1, -0.05) is 18.2 Å². The average molecular weight is 355 g/mol. The summed E-state index contributed by atoms with van der Waals surface area (Å²) < 4.78 is 5.56. The maximum Gasteiger partial charge on any atom is 0.307 e. The molecule has 4 aliphatic rings. The Hall–Kier alpha value is -1.84. The van der Waals surface area contributed by atoms with Crippen LogP contribution in [0.15, 0.2) is 30.3 Å². The van der Waals surface area contributed by atoms with E-state index >= 15 is 0 Å². The van der Waals surface area contributed by atoms with Gasteiger partial charge in [0, 0.05) is 12.7 Å². The third-order valence-corrected chi connectivity index (χ3v) is 6.81. The number of para-hydroxylation sites is 1. The molecule has 0 radical (unpaired) electrons. The second-order valence-electron chi connectivity index (χ2n) is 8.96. The summed E-state index contributed by atoms with van der Waals surface area (Å²) in [5.41, 5.74) is 0.960. The van der Waals surface area contributed by atoms with Gasteiger partial charge in [0.2, 0.25) is 0 Å². The Morgan fingerprint density at radius 2 is 1.62 bits per heavy atom. The molecule has 4 saturated carbocycles. The molecular formula is C22H29NO3. The van der Waals surface area contributed by atoms with Crippen LogP contribution in [0.2, 0.25) is 0 Å². The van der Waals surface area contributed by atoms with E-state index < -0.39 is 6.10 Å². The number of likely N-dealkylation sites (N-methyl/N-ethyl adjacent to an activating group) is 1. The van der Waals surface area contributed by atoms with Crippen LogP contribution in [0.3, 0.4) is 0 Å². The predicted octanol–water partition coefficient (Wildman–Crippen LogP) is 4.19. The van der Waals surface area contributed by atoms with Crippen LogP contribution in [0.5, 0.6) is 0 Å². The summed E-state index contributed by atoms with van der Waals surface area (Å²) in [6, 6.07) is 9.45. The maximum absolute atomic E-state index is 12.6. The SMILES string of the molecule is CC(OC(=O)CC12CC3CC(CC(C3)C1)C2)C(=O)N(C)c1ccccc1. The summed E-state index contributed by atoms with van der Waals surface area (Å²) in [5, 5.41) is 0. The predicted molar refractivity (Wildman–Crippen MR) is 101 cm³/mol. The molecule has 4 bridgehead atoms. The molecule has 1 amide bonds. The Bertz CT molecular complexity index is 649. The van der Waals surface area contributed by atoms with Gasteiger partial charge in [-0.05, 0) is 80.8 Å². The Kier molecular flexibility index (Phi) is 4.54. The summed E-state index contributed by atoms with van der Waals surface area (Å²) in [7, 11) is 1.72. The van der Waals surface area contributed by atoms with Crippen molar-refractivity contribution in [3.8, 4) is 0 Å². The van der Waals surface area contributed by atoms with E-state index in [1.165, 1.54) is 38.5 Å². The van der Waals surface area contributed by atoms with Gasteiger partial charge in [-0.2, -0.15) is 0 Å². The minimum absolute atomic E-state index is 0.153. The van der Waals surface area contributed by atoms with Crippen LogP contribution in [0.25, 0.3) is 0 Å². The van der Waals surface area contributed by atoms with Crippen molar-refractivity contribution in [2.24, 2.45) is 23.2 Å². The molecule has 1 atom stereocenters. The second-order valence-corrected chi connectivity index (χ2v) is 8.96. The molecule has 4 nitrogen and oxygen atoms in total. The highest BCUT2D eigenvalue weighted by atomic mass is 16.5. The van der Waals surface area contributed by atoms with Gasteiger partial charge in [-0.25, -0.2) is 0 Å². The minimum atomic E-state index is -0.749. The van der Waals surface area contributed by atoms with Crippen molar-refractivity contribution in [3.63, 3.8) is 0 Å². The van der Waals surface area contributed by atoms with Gasteiger partial charge >= 0.3 is 5.97 Å². The molecule has 0 heterocycles. The topological polar surface area (TPSA) is 46.6 Å². The number of amides is 1. The number of benzene rings is 1. The number of anilines is 1. The minimum Gasteiger partial charge on any atom is -0.453 e. The summed E-state index contributed by atoms with van der Waals surface area (Å²) >= 11 is 0. The highest BCUT2D eigenvalue weighted by Crippen LogP contribution is 2.61. The Morgan fingerprint density at radius 3 is 2.15 bits per heavy atom. The van der Waals surface area contributed by atoms with E-state index in [9.17, 15) is 9.59 Å². The van der Waals surface area contributed by atoms with Crippen LogP contribution < -0.4 is 4.90 Å². The van der Waals surface area contributed by atoms with Crippen LogP contribution in [0.1, 0.15) is 51.9 Å². The number of hydrogen-bond acceptors (Lipinski definition) is 3. The highest BCUT2D eigenvalue weighted by molar-refractivity contribution is 5.96. The van der Waals surface area contributed by atoms with Gasteiger partial charge in [0.05, 0.1) is 6.42 Å². The first-order chi connectivity index (χ1) is 12.4. The van der Waals surface area contributed by atoms with Gasteiger partial charge in [0.15, 0.2) is 6.10 Å². The number of esters is 1. The summed E-state index contributed by atoms with van der Waals surface area (Å²) in [5.74, 6) is 2.07. The molecular weight excluding hydrogens is 326 g/mol. The van der Waals surface area contributed by atoms with Crippen molar-refractivity contribution in [2.45, 2.75) is 58.0 Å². The van der Waals surface area contributed by atoms with E-state index in [0.717, 1.165) is 23.4 Å². The van der Waals surface area contributed by atoms with Crippen LogP contribution >= 0.6 is 0 Å². The lowest BCUT2D eigenvalue weighted by Gasteiger charge is -2.56.